The number of benzene rings is 1. The van der Waals surface area contributed by atoms with Crippen molar-refractivity contribution in [2.24, 2.45) is 0 Å². The molecule has 82 valence electrons. The first-order chi connectivity index (χ1) is 7.70. The van der Waals surface area contributed by atoms with Gasteiger partial charge in [0, 0.05) is 11.6 Å². The summed E-state index contributed by atoms with van der Waals surface area (Å²) in [4.78, 5) is 10.3. The minimum absolute atomic E-state index is 0.101. The van der Waals surface area contributed by atoms with Crippen LogP contribution in [0.3, 0.4) is 0 Å². The lowest BCUT2D eigenvalue weighted by atomic mass is 10.0. The first-order valence-electron chi connectivity index (χ1n) is 4.63. The van der Waals surface area contributed by atoms with Crippen LogP contribution in [0, 0.1) is 10.1 Å². The van der Waals surface area contributed by atoms with Crippen LogP contribution in [0.25, 0.3) is 0 Å². The highest BCUT2D eigenvalue weighted by atomic mass is 16.6. The minimum atomic E-state index is -1.04. The van der Waals surface area contributed by atoms with E-state index in [1.54, 1.807) is 18.2 Å². The maximum absolute atomic E-state index is 10.8. The molecule has 0 fully saturated rings. The molecule has 0 aliphatic rings. The number of nitrogens with zero attached hydrogens (tertiary/aromatic N) is 1. The molecule has 2 aromatic rings. The summed E-state index contributed by atoms with van der Waals surface area (Å²) < 4.78 is 4.83. The number of furan rings is 1. The van der Waals surface area contributed by atoms with Crippen molar-refractivity contribution in [1.29, 1.82) is 0 Å². The average molecular weight is 219 g/mol. The van der Waals surface area contributed by atoms with Gasteiger partial charge in [-0.3, -0.25) is 10.1 Å². The third-order valence-electron chi connectivity index (χ3n) is 2.29. The third kappa shape index (κ3) is 1.80. The van der Waals surface area contributed by atoms with E-state index >= 15 is 0 Å². The fraction of sp³-hybridized carbons (Fsp3) is 0.0909. The highest BCUT2D eigenvalue weighted by Crippen LogP contribution is 2.29. The zero-order valence-electron chi connectivity index (χ0n) is 8.24. The van der Waals surface area contributed by atoms with Crippen molar-refractivity contribution in [3.63, 3.8) is 0 Å². The molecule has 0 radical (unpaired) electrons. The molecular formula is C11H9NO4. The van der Waals surface area contributed by atoms with Crippen LogP contribution in [-0.4, -0.2) is 10.0 Å². The van der Waals surface area contributed by atoms with Crippen molar-refractivity contribution in [3.05, 3.63) is 64.1 Å². The van der Waals surface area contributed by atoms with Gasteiger partial charge < -0.3 is 9.52 Å². The van der Waals surface area contributed by atoms with Gasteiger partial charge in [0.15, 0.2) is 0 Å². The van der Waals surface area contributed by atoms with Gasteiger partial charge in [0.05, 0.1) is 23.0 Å². The molecule has 1 heterocycles. The fourth-order valence-electron chi connectivity index (χ4n) is 1.50. The Balaban J connectivity index is 2.44. The summed E-state index contributed by atoms with van der Waals surface area (Å²) in [5, 5.41) is 20.7. The predicted molar refractivity (Wildman–Crippen MR) is 55.9 cm³/mol. The van der Waals surface area contributed by atoms with E-state index in [0.29, 0.717) is 5.56 Å². The second-order valence-corrected chi connectivity index (χ2v) is 3.28. The Labute approximate surface area is 91.1 Å². The van der Waals surface area contributed by atoms with E-state index in [1.165, 1.54) is 24.7 Å². The van der Waals surface area contributed by atoms with Gasteiger partial charge in [-0.25, -0.2) is 0 Å². The van der Waals surface area contributed by atoms with Gasteiger partial charge in [-0.1, -0.05) is 12.1 Å². The molecule has 0 aliphatic heterocycles. The summed E-state index contributed by atoms with van der Waals surface area (Å²) in [6, 6.07) is 7.66. The molecule has 0 aliphatic carbocycles. The Morgan fingerprint density at radius 1 is 1.31 bits per heavy atom. The summed E-state index contributed by atoms with van der Waals surface area (Å²) in [5.74, 6) is 0. The Morgan fingerprint density at radius 2 is 2.06 bits per heavy atom. The molecule has 1 atom stereocenters. The quantitative estimate of drug-likeness (QED) is 0.634. The van der Waals surface area contributed by atoms with Crippen molar-refractivity contribution in [2.75, 3.05) is 0 Å². The number of aliphatic hydroxyl groups is 1. The Kier molecular flexibility index (Phi) is 2.70. The summed E-state index contributed by atoms with van der Waals surface area (Å²) in [7, 11) is 0. The fourth-order valence-corrected chi connectivity index (χ4v) is 1.50. The van der Waals surface area contributed by atoms with Crippen LogP contribution in [0.5, 0.6) is 0 Å². The van der Waals surface area contributed by atoms with E-state index in [0.717, 1.165) is 0 Å². The number of nitro benzene ring substituents is 1. The number of nitro groups is 1. The molecule has 0 amide bonds. The van der Waals surface area contributed by atoms with Crippen molar-refractivity contribution < 1.29 is 14.4 Å². The highest BCUT2D eigenvalue weighted by Gasteiger charge is 2.21. The van der Waals surface area contributed by atoms with Crippen LogP contribution in [-0.2, 0) is 0 Å². The Morgan fingerprint density at radius 3 is 2.69 bits per heavy atom. The largest absolute Gasteiger partial charge is 0.472 e. The lowest BCUT2D eigenvalue weighted by molar-refractivity contribution is -0.386. The molecular weight excluding hydrogens is 210 g/mol. The molecule has 0 bridgehead atoms. The molecule has 1 aromatic heterocycles. The molecule has 0 spiro atoms. The summed E-state index contributed by atoms with van der Waals surface area (Å²) in [6.45, 7) is 0. The number of hydrogen-bond donors (Lipinski definition) is 1. The van der Waals surface area contributed by atoms with Crippen LogP contribution in [0.4, 0.5) is 5.69 Å². The topological polar surface area (TPSA) is 76.5 Å². The highest BCUT2D eigenvalue weighted by molar-refractivity contribution is 5.44. The Bertz CT molecular complexity index is 492. The van der Waals surface area contributed by atoms with Gasteiger partial charge in [-0.05, 0) is 12.1 Å². The van der Waals surface area contributed by atoms with Crippen LogP contribution in [0.1, 0.15) is 17.2 Å². The molecule has 5 nitrogen and oxygen atoms in total. The summed E-state index contributed by atoms with van der Waals surface area (Å²) in [6.07, 6.45) is 1.73. The van der Waals surface area contributed by atoms with E-state index < -0.39 is 11.0 Å². The lowest BCUT2D eigenvalue weighted by Crippen LogP contribution is -2.02. The zero-order valence-corrected chi connectivity index (χ0v) is 8.24. The normalized spacial score (nSPS) is 12.3. The van der Waals surface area contributed by atoms with Crippen LogP contribution >= 0.6 is 0 Å². The van der Waals surface area contributed by atoms with Crippen molar-refractivity contribution in [2.45, 2.75) is 6.10 Å². The Hall–Kier alpha value is -2.14. The van der Waals surface area contributed by atoms with Gasteiger partial charge in [-0.2, -0.15) is 0 Å². The first kappa shape index (κ1) is 10.4. The van der Waals surface area contributed by atoms with Crippen LogP contribution < -0.4 is 0 Å². The molecule has 0 unspecified atom stereocenters. The van der Waals surface area contributed by atoms with E-state index in [4.69, 9.17) is 4.42 Å². The molecule has 16 heavy (non-hydrogen) atoms. The van der Waals surface area contributed by atoms with Gasteiger partial charge in [0.2, 0.25) is 0 Å². The van der Waals surface area contributed by atoms with Crippen molar-refractivity contribution >= 4 is 5.69 Å². The van der Waals surface area contributed by atoms with E-state index in [-0.39, 0.29) is 11.3 Å². The molecule has 0 saturated carbocycles. The van der Waals surface area contributed by atoms with Gasteiger partial charge in [-0.15, -0.1) is 0 Å². The number of para-hydroxylation sites is 1. The van der Waals surface area contributed by atoms with Gasteiger partial charge >= 0.3 is 0 Å². The first-order valence-corrected chi connectivity index (χ1v) is 4.63. The molecule has 0 saturated heterocycles. The van der Waals surface area contributed by atoms with Gasteiger partial charge in [0.1, 0.15) is 6.10 Å². The zero-order chi connectivity index (χ0) is 11.5. The number of rotatable bonds is 3. The van der Waals surface area contributed by atoms with E-state index in [2.05, 4.69) is 0 Å². The maximum atomic E-state index is 10.8. The average Bonchev–Trinajstić information content (AvgIpc) is 2.81. The third-order valence-corrected chi connectivity index (χ3v) is 2.29. The summed E-state index contributed by atoms with van der Waals surface area (Å²) in [5.41, 5.74) is 0.652. The monoisotopic (exact) mass is 219 g/mol. The van der Waals surface area contributed by atoms with E-state index in [9.17, 15) is 15.2 Å². The second kappa shape index (κ2) is 4.16. The smallest absolute Gasteiger partial charge is 0.275 e. The maximum Gasteiger partial charge on any atom is 0.275 e. The van der Waals surface area contributed by atoms with Gasteiger partial charge in [0.25, 0.3) is 5.69 Å². The standard InChI is InChI=1S/C11H9NO4/c13-11(8-5-6-16-7-8)9-3-1-2-4-10(9)12(14)15/h1-7,11,13H/t11-/m0/s1. The number of hydrogen-bond acceptors (Lipinski definition) is 4. The second-order valence-electron chi connectivity index (χ2n) is 3.28. The predicted octanol–water partition coefficient (Wildman–Crippen LogP) is 2.27. The van der Waals surface area contributed by atoms with Crippen molar-refractivity contribution in [1.82, 2.24) is 0 Å². The van der Waals surface area contributed by atoms with Crippen LogP contribution in [0.2, 0.25) is 0 Å². The molecule has 1 aromatic carbocycles. The minimum Gasteiger partial charge on any atom is -0.472 e. The lowest BCUT2D eigenvalue weighted by Gasteiger charge is -2.08. The SMILES string of the molecule is O=[N+]([O-])c1ccccc1[C@@H](O)c1ccoc1. The van der Waals surface area contributed by atoms with Crippen molar-refractivity contribution in [3.8, 4) is 0 Å². The molecule has 1 N–H and O–H groups in total. The molecule has 5 heteroatoms. The van der Waals surface area contributed by atoms with E-state index in [1.807, 2.05) is 0 Å². The summed E-state index contributed by atoms with van der Waals surface area (Å²) >= 11 is 0. The molecule has 2 rings (SSSR count). The number of aliphatic hydroxyl groups excluding tert-OH is 1. The van der Waals surface area contributed by atoms with Crippen LogP contribution in [0.15, 0.2) is 47.3 Å².